The highest BCUT2D eigenvalue weighted by molar-refractivity contribution is 5.91. The number of para-hydroxylation sites is 1. The van der Waals surface area contributed by atoms with Crippen molar-refractivity contribution < 1.29 is 0 Å². The number of aromatic nitrogens is 8. The highest BCUT2D eigenvalue weighted by Gasteiger charge is 2.14. The lowest BCUT2D eigenvalue weighted by molar-refractivity contribution is 0.651. The molecule has 0 aliphatic heterocycles. The van der Waals surface area contributed by atoms with Crippen LogP contribution in [0.2, 0.25) is 0 Å². The fraction of sp³-hybridized carbons (Fsp3) is 0.231. The first-order chi connectivity index (χ1) is 17.0. The van der Waals surface area contributed by atoms with E-state index < -0.39 is 0 Å². The Bertz CT molecular complexity index is 1760. The zero-order valence-corrected chi connectivity index (χ0v) is 19.6. The van der Waals surface area contributed by atoms with E-state index >= 15 is 0 Å². The maximum atomic E-state index is 12.6. The van der Waals surface area contributed by atoms with E-state index in [9.17, 15) is 4.79 Å². The third kappa shape index (κ3) is 3.95. The number of hydrogen-bond acceptors (Lipinski definition) is 6. The second-order valence-corrected chi connectivity index (χ2v) is 8.81. The molecule has 174 valence electrons. The van der Waals surface area contributed by atoms with E-state index in [-0.39, 0.29) is 5.56 Å². The predicted molar refractivity (Wildman–Crippen MR) is 133 cm³/mol. The summed E-state index contributed by atoms with van der Waals surface area (Å²) in [7, 11) is 0. The van der Waals surface area contributed by atoms with Crippen LogP contribution in [-0.2, 0) is 25.8 Å². The van der Waals surface area contributed by atoms with Crippen molar-refractivity contribution >= 4 is 22.2 Å². The average molecular weight is 465 g/mol. The van der Waals surface area contributed by atoms with Gasteiger partial charge in [-0.1, -0.05) is 18.2 Å². The van der Waals surface area contributed by atoms with Gasteiger partial charge >= 0.3 is 0 Å². The minimum atomic E-state index is -0.0804. The molecule has 0 aliphatic carbocycles. The number of rotatable bonds is 6. The molecule has 0 saturated carbocycles. The fourth-order valence-corrected chi connectivity index (χ4v) is 4.39. The molecular weight excluding hydrogens is 440 g/mol. The zero-order valence-electron chi connectivity index (χ0n) is 19.6. The first-order valence-electron chi connectivity index (χ1n) is 11.6. The lowest BCUT2D eigenvalue weighted by Gasteiger charge is -2.07. The van der Waals surface area contributed by atoms with Crippen LogP contribution in [0.1, 0.15) is 28.6 Å². The molecule has 6 aromatic rings. The highest BCUT2D eigenvalue weighted by atomic mass is 16.1. The first kappa shape index (κ1) is 21.2. The van der Waals surface area contributed by atoms with Crippen LogP contribution in [-0.4, -0.2) is 38.5 Å². The number of nitrogens with zero attached hydrogens (tertiary/aromatic N) is 8. The lowest BCUT2D eigenvalue weighted by Crippen LogP contribution is -2.16. The molecule has 0 atom stereocenters. The third-order valence-corrected chi connectivity index (χ3v) is 6.25. The van der Waals surface area contributed by atoms with Crippen LogP contribution < -0.4 is 5.56 Å². The van der Waals surface area contributed by atoms with Crippen LogP contribution in [0, 0.1) is 13.8 Å². The Morgan fingerprint density at radius 1 is 0.943 bits per heavy atom. The molecule has 0 amide bonds. The molecule has 0 aliphatic rings. The van der Waals surface area contributed by atoms with Gasteiger partial charge in [0.25, 0.3) is 5.56 Å². The molecule has 0 bridgehead atoms. The van der Waals surface area contributed by atoms with Gasteiger partial charge in [-0.25, -0.2) is 19.9 Å². The van der Waals surface area contributed by atoms with Crippen LogP contribution in [0.5, 0.6) is 0 Å². The smallest absolute Gasteiger partial charge is 0.258 e. The summed E-state index contributed by atoms with van der Waals surface area (Å²) in [5.41, 5.74) is 5.09. The topological polar surface area (TPSA) is 95.3 Å². The highest BCUT2D eigenvalue weighted by Crippen LogP contribution is 2.19. The molecule has 0 saturated heterocycles. The minimum Gasteiger partial charge on any atom is -0.334 e. The van der Waals surface area contributed by atoms with E-state index in [0.717, 1.165) is 51.7 Å². The maximum Gasteiger partial charge on any atom is 0.258 e. The predicted octanol–water partition coefficient (Wildman–Crippen LogP) is 3.13. The van der Waals surface area contributed by atoms with Crippen LogP contribution in [0.25, 0.3) is 22.2 Å². The van der Waals surface area contributed by atoms with Crippen molar-refractivity contribution in [2.45, 2.75) is 39.7 Å². The summed E-state index contributed by atoms with van der Waals surface area (Å²) in [6.07, 6.45) is 7.33. The van der Waals surface area contributed by atoms with Gasteiger partial charge in [-0.3, -0.25) is 9.20 Å². The van der Waals surface area contributed by atoms with Crippen molar-refractivity contribution in [3.63, 3.8) is 0 Å². The number of imidazole rings is 1. The van der Waals surface area contributed by atoms with E-state index in [2.05, 4.69) is 14.5 Å². The SMILES string of the molecule is Cc1ccc2nc(CCc3nc4ccccc4c4nc(CCn5cncc5C)nn34)cc(=O)n2c1. The molecule has 0 unspecified atom stereocenters. The van der Waals surface area contributed by atoms with Gasteiger partial charge in [0.1, 0.15) is 11.5 Å². The Balaban J connectivity index is 1.35. The summed E-state index contributed by atoms with van der Waals surface area (Å²) in [5.74, 6) is 1.55. The van der Waals surface area contributed by atoms with Gasteiger partial charge in [0, 0.05) is 54.6 Å². The Morgan fingerprint density at radius 3 is 2.69 bits per heavy atom. The normalized spacial score (nSPS) is 11.7. The van der Waals surface area contributed by atoms with E-state index in [4.69, 9.17) is 15.1 Å². The summed E-state index contributed by atoms with van der Waals surface area (Å²) in [4.78, 5) is 31.2. The van der Waals surface area contributed by atoms with Gasteiger partial charge < -0.3 is 4.57 Å². The van der Waals surface area contributed by atoms with E-state index in [1.54, 1.807) is 10.5 Å². The van der Waals surface area contributed by atoms with Gasteiger partial charge in [-0.15, -0.1) is 5.10 Å². The van der Waals surface area contributed by atoms with Crippen molar-refractivity contribution in [2.75, 3.05) is 0 Å². The summed E-state index contributed by atoms with van der Waals surface area (Å²) >= 11 is 0. The monoisotopic (exact) mass is 464 g/mol. The Labute approximate surface area is 200 Å². The molecule has 0 spiro atoms. The molecule has 0 fully saturated rings. The Morgan fingerprint density at radius 2 is 1.83 bits per heavy atom. The molecule has 0 N–H and O–H groups in total. The number of benzene rings is 1. The molecule has 0 radical (unpaired) electrons. The largest absolute Gasteiger partial charge is 0.334 e. The molecular formula is C26H24N8O. The molecule has 5 aromatic heterocycles. The number of aryl methyl sites for hydroxylation is 6. The molecule has 5 heterocycles. The first-order valence-corrected chi connectivity index (χ1v) is 11.6. The summed E-state index contributed by atoms with van der Waals surface area (Å²) in [6.45, 7) is 4.75. The minimum absolute atomic E-state index is 0.0804. The standard InChI is InChI=1S/C26H24N8O/c1-17-7-9-23-28-19(13-25(35)33(23)15-17)8-10-24-29-21-6-4-3-5-20(21)26-30-22(31-34(24)26)11-12-32-16-27-14-18(32)2/h3-7,9,13-16H,8,10-12H2,1-2H3. The summed E-state index contributed by atoms with van der Waals surface area (Å²) < 4.78 is 5.51. The Hall–Kier alpha value is -4.40. The van der Waals surface area contributed by atoms with Gasteiger partial charge in [-0.05, 0) is 44.0 Å². The van der Waals surface area contributed by atoms with Crippen molar-refractivity contribution in [1.29, 1.82) is 0 Å². The summed E-state index contributed by atoms with van der Waals surface area (Å²) in [6, 6.07) is 13.4. The Kier molecular flexibility index (Phi) is 5.09. The van der Waals surface area contributed by atoms with Crippen LogP contribution in [0.15, 0.2) is 66.0 Å². The summed E-state index contributed by atoms with van der Waals surface area (Å²) in [5, 5.41) is 5.77. The molecule has 35 heavy (non-hydrogen) atoms. The van der Waals surface area contributed by atoms with Crippen LogP contribution in [0.3, 0.4) is 0 Å². The zero-order chi connectivity index (χ0) is 23.9. The second-order valence-electron chi connectivity index (χ2n) is 8.81. The van der Waals surface area contributed by atoms with Crippen LogP contribution >= 0.6 is 0 Å². The van der Waals surface area contributed by atoms with Crippen LogP contribution in [0.4, 0.5) is 0 Å². The van der Waals surface area contributed by atoms with Gasteiger partial charge in [0.05, 0.1) is 11.8 Å². The number of pyridine rings is 1. The van der Waals surface area contributed by atoms with E-state index in [1.165, 1.54) is 0 Å². The quantitative estimate of drug-likeness (QED) is 0.376. The maximum absolute atomic E-state index is 12.6. The second kappa shape index (κ2) is 8.43. The van der Waals surface area contributed by atoms with E-state index in [0.29, 0.717) is 24.9 Å². The lowest BCUT2D eigenvalue weighted by atomic mass is 10.2. The van der Waals surface area contributed by atoms with Crippen molar-refractivity contribution in [2.24, 2.45) is 0 Å². The van der Waals surface area contributed by atoms with Crippen molar-refractivity contribution in [1.82, 2.24) is 38.5 Å². The average Bonchev–Trinajstić information content (AvgIpc) is 3.48. The van der Waals surface area contributed by atoms with Gasteiger partial charge in [0.2, 0.25) is 0 Å². The van der Waals surface area contributed by atoms with Crippen molar-refractivity contribution in [3.8, 4) is 0 Å². The van der Waals surface area contributed by atoms with Crippen molar-refractivity contribution in [3.05, 3.63) is 100 Å². The molecule has 1 aromatic carbocycles. The molecule has 6 rings (SSSR count). The fourth-order valence-electron chi connectivity index (χ4n) is 4.39. The molecule has 9 nitrogen and oxygen atoms in total. The number of fused-ring (bicyclic) bond motifs is 4. The molecule has 9 heteroatoms. The third-order valence-electron chi connectivity index (χ3n) is 6.25. The van der Waals surface area contributed by atoms with Gasteiger partial charge in [0.15, 0.2) is 11.5 Å². The van der Waals surface area contributed by atoms with Gasteiger partial charge in [-0.2, -0.15) is 4.52 Å². The number of hydrogen-bond donors (Lipinski definition) is 0. The van der Waals surface area contributed by atoms with E-state index in [1.807, 2.05) is 73.5 Å².